The summed E-state index contributed by atoms with van der Waals surface area (Å²) in [5, 5.41) is 4.53. The van der Waals surface area contributed by atoms with Gasteiger partial charge in [0.15, 0.2) is 0 Å². The number of carbonyl (C=O) groups is 2. The van der Waals surface area contributed by atoms with Crippen molar-refractivity contribution in [1.29, 1.82) is 0 Å². The lowest BCUT2D eigenvalue weighted by Crippen LogP contribution is -2.38. The largest absolute Gasteiger partial charge is 0.462 e. The van der Waals surface area contributed by atoms with Crippen LogP contribution in [-0.4, -0.2) is 51.2 Å². The third kappa shape index (κ3) is 4.86. The first-order chi connectivity index (χ1) is 13.1. The molecule has 8 heteroatoms. The van der Waals surface area contributed by atoms with Crippen molar-refractivity contribution in [3.8, 4) is 0 Å². The highest BCUT2D eigenvalue weighted by Crippen LogP contribution is 2.30. The van der Waals surface area contributed by atoms with E-state index in [4.69, 9.17) is 16.3 Å². The van der Waals surface area contributed by atoms with Crippen molar-refractivity contribution in [3.05, 3.63) is 47.0 Å². The maximum absolute atomic E-state index is 12.4. The number of likely N-dealkylation sites (tertiary alicyclic amines) is 1. The van der Waals surface area contributed by atoms with E-state index in [-0.39, 0.29) is 11.8 Å². The summed E-state index contributed by atoms with van der Waals surface area (Å²) in [6, 6.07) is 3.46. The summed E-state index contributed by atoms with van der Waals surface area (Å²) >= 11 is 6.01. The topological polar surface area (TPSA) is 77.3 Å². The Hall–Kier alpha value is -2.41. The molecule has 2 aromatic heterocycles. The third-order valence-corrected chi connectivity index (χ3v) is 4.94. The molecule has 1 fully saturated rings. The summed E-state index contributed by atoms with van der Waals surface area (Å²) in [5.74, 6) is -0.171. The van der Waals surface area contributed by atoms with Gasteiger partial charge in [0.25, 0.3) is 0 Å². The first kappa shape index (κ1) is 19.4. The Morgan fingerprint density at radius 2 is 2.11 bits per heavy atom. The number of aryl methyl sites for hydroxylation is 1. The maximum atomic E-state index is 12.4. The summed E-state index contributed by atoms with van der Waals surface area (Å²) in [6.45, 7) is 3.94. The quantitative estimate of drug-likeness (QED) is 0.709. The molecule has 0 saturated carbocycles. The van der Waals surface area contributed by atoms with Crippen LogP contribution >= 0.6 is 11.6 Å². The lowest BCUT2D eigenvalue weighted by atomic mass is 9.90. The molecule has 0 radical (unpaired) electrons. The van der Waals surface area contributed by atoms with Crippen molar-refractivity contribution >= 4 is 23.5 Å². The van der Waals surface area contributed by atoms with E-state index in [1.807, 2.05) is 17.2 Å². The van der Waals surface area contributed by atoms with E-state index in [2.05, 4.69) is 10.1 Å². The highest BCUT2D eigenvalue weighted by molar-refractivity contribution is 6.30. The van der Waals surface area contributed by atoms with Crippen LogP contribution in [0.15, 0.2) is 30.7 Å². The number of hydrogen-bond acceptors (Lipinski definition) is 5. The van der Waals surface area contributed by atoms with Gasteiger partial charge < -0.3 is 9.64 Å². The third-order valence-electron chi connectivity index (χ3n) is 4.73. The van der Waals surface area contributed by atoms with Gasteiger partial charge in [0, 0.05) is 50.6 Å². The van der Waals surface area contributed by atoms with Crippen LogP contribution in [0.4, 0.5) is 0 Å². The number of ether oxygens (including phenoxy) is 1. The number of carbonyl (C=O) groups excluding carboxylic acids is 2. The molecule has 0 spiro atoms. The fraction of sp³-hybridized carbons (Fsp3) is 0.474. The molecule has 144 valence electrons. The van der Waals surface area contributed by atoms with Crippen LogP contribution in [0.1, 0.15) is 48.2 Å². The molecule has 7 nitrogen and oxygen atoms in total. The van der Waals surface area contributed by atoms with Crippen molar-refractivity contribution in [2.24, 2.45) is 0 Å². The van der Waals surface area contributed by atoms with Crippen molar-refractivity contribution in [2.75, 3.05) is 19.7 Å². The monoisotopic (exact) mass is 390 g/mol. The molecule has 1 saturated heterocycles. The summed E-state index contributed by atoms with van der Waals surface area (Å²) in [5.41, 5.74) is 1.13. The van der Waals surface area contributed by atoms with E-state index >= 15 is 0 Å². The predicted molar refractivity (Wildman–Crippen MR) is 101 cm³/mol. The Labute approximate surface area is 163 Å². The van der Waals surface area contributed by atoms with Crippen LogP contribution in [0.5, 0.6) is 0 Å². The smallest absolute Gasteiger partial charge is 0.340 e. The Morgan fingerprint density at radius 1 is 1.33 bits per heavy atom. The van der Waals surface area contributed by atoms with E-state index in [0.717, 1.165) is 12.8 Å². The van der Waals surface area contributed by atoms with Crippen LogP contribution in [0, 0.1) is 0 Å². The maximum Gasteiger partial charge on any atom is 0.340 e. The van der Waals surface area contributed by atoms with E-state index in [1.54, 1.807) is 30.1 Å². The van der Waals surface area contributed by atoms with Gasteiger partial charge in [0.05, 0.1) is 22.9 Å². The van der Waals surface area contributed by atoms with Gasteiger partial charge in [-0.05, 0) is 31.9 Å². The number of amides is 1. The SMILES string of the molecule is CCOC(=O)c1cc(Cl)cnc1C1CCN(C(=O)CCn2cccn2)CC1. The van der Waals surface area contributed by atoms with Crippen molar-refractivity contribution in [1.82, 2.24) is 19.7 Å². The van der Waals surface area contributed by atoms with Gasteiger partial charge in [-0.1, -0.05) is 11.6 Å². The molecule has 27 heavy (non-hydrogen) atoms. The van der Waals surface area contributed by atoms with E-state index in [9.17, 15) is 9.59 Å². The number of aromatic nitrogens is 3. The van der Waals surface area contributed by atoms with Gasteiger partial charge in [-0.15, -0.1) is 0 Å². The number of halogens is 1. The molecule has 0 N–H and O–H groups in total. The molecule has 0 aromatic carbocycles. The molecule has 1 aliphatic rings. The minimum absolute atomic E-state index is 0.108. The van der Waals surface area contributed by atoms with Crippen LogP contribution in [0.25, 0.3) is 0 Å². The number of pyridine rings is 1. The van der Waals surface area contributed by atoms with Crippen molar-refractivity contribution < 1.29 is 14.3 Å². The van der Waals surface area contributed by atoms with E-state index < -0.39 is 5.97 Å². The molecular weight excluding hydrogens is 368 g/mol. The van der Waals surface area contributed by atoms with Gasteiger partial charge in [-0.25, -0.2) is 4.79 Å². The van der Waals surface area contributed by atoms with Crippen molar-refractivity contribution in [3.63, 3.8) is 0 Å². The van der Waals surface area contributed by atoms with E-state index in [0.29, 0.717) is 48.9 Å². The zero-order chi connectivity index (χ0) is 19.2. The zero-order valence-corrected chi connectivity index (χ0v) is 16.1. The Balaban J connectivity index is 1.60. The average Bonchev–Trinajstić information content (AvgIpc) is 3.20. The molecule has 0 atom stereocenters. The second kappa shape index (κ2) is 8.99. The molecule has 1 amide bonds. The van der Waals surface area contributed by atoms with Gasteiger partial charge in [-0.3, -0.25) is 14.5 Å². The lowest BCUT2D eigenvalue weighted by Gasteiger charge is -2.32. The highest BCUT2D eigenvalue weighted by atomic mass is 35.5. The Kier molecular flexibility index (Phi) is 6.45. The average molecular weight is 391 g/mol. The summed E-state index contributed by atoms with van der Waals surface area (Å²) in [4.78, 5) is 30.9. The molecular formula is C19H23ClN4O3. The predicted octanol–water partition coefficient (Wildman–Crippen LogP) is 2.90. The Bertz CT molecular complexity index is 786. The summed E-state index contributed by atoms with van der Waals surface area (Å²) < 4.78 is 6.89. The molecule has 3 heterocycles. The lowest BCUT2D eigenvalue weighted by molar-refractivity contribution is -0.132. The normalized spacial score (nSPS) is 15.0. The molecule has 0 unspecified atom stereocenters. The highest BCUT2D eigenvalue weighted by Gasteiger charge is 2.28. The summed E-state index contributed by atoms with van der Waals surface area (Å²) in [6.07, 6.45) is 7.06. The van der Waals surface area contributed by atoms with Crippen LogP contribution in [-0.2, 0) is 16.1 Å². The standard InChI is InChI=1S/C19H23ClN4O3/c1-2-27-19(26)16-12-15(20)13-21-18(16)14-4-9-23(10-5-14)17(25)6-11-24-8-3-7-22-24/h3,7-8,12-14H,2,4-6,9-11H2,1H3. The molecule has 1 aliphatic heterocycles. The van der Waals surface area contributed by atoms with Crippen LogP contribution in [0.3, 0.4) is 0 Å². The van der Waals surface area contributed by atoms with Gasteiger partial charge in [-0.2, -0.15) is 5.10 Å². The molecule has 3 rings (SSSR count). The van der Waals surface area contributed by atoms with Crippen LogP contribution in [0.2, 0.25) is 5.02 Å². The van der Waals surface area contributed by atoms with Gasteiger partial charge in [0.1, 0.15) is 0 Å². The number of hydrogen-bond donors (Lipinski definition) is 0. The summed E-state index contributed by atoms with van der Waals surface area (Å²) in [7, 11) is 0. The minimum Gasteiger partial charge on any atom is -0.462 e. The number of piperidine rings is 1. The molecule has 0 bridgehead atoms. The van der Waals surface area contributed by atoms with Gasteiger partial charge >= 0.3 is 5.97 Å². The second-order valence-corrected chi connectivity index (χ2v) is 6.92. The number of nitrogens with zero attached hydrogens (tertiary/aromatic N) is 4. The minimum atomic E-state index is -0.403. The van der Waals surface area contributed by atoms with Crippen molar-refractivity contribution in [2.45, 2.75) is 38.6 Å². The Morgan fingerprint density at radius 3 is 2.78 bits per heavy atom. The first-order valence-corrected chi connectivity index (χ1v) is 9.54. The zero-order valence-electron chi connectivity index (χ0n) is 15.3. The molecule has 0 aliphatic carbocycles. The second-order valence-electron chi connectivity index (χ2n) is 6.48. The van der Waals surface area contributed by atoms with Crippen LogP contribution < -0.4 is 0 Å². The number of rotatable bonds is 6. The fourth-order valence-electron chi connectivity index (χ4n) is 3.35. The number of esters is 1. The van der Waals surface area contributed by atoms with Gasteiger partial charge in [0.2, 0.25) is 5.91 Å². The molecule has 2 aromatic rings. The fourth-order valence-corrected chi connectivity index (χ4v) is 3.51. The first-order valence-electron chi connectivity index (χ1n) is 9.16. The van der Waals surface area contributed by atoms with E-state index in [1.165, 1.54) is 0 Å².